The van der Waals surface area contributed by atoms with Crippen LogP contribution in [0.4, 0.5) is 4.39 Å². The number of rotatable bonds is 9. The van der Waals surface area contributed by atoms with Gasteiger partial charge in [-0.25, -0.2) is 9.18 Å². The monoisotopic (exact) mass is 414 g/mol. The molecule has 0 bridgehead atoms. The molecule has 0 saturated heterocycles. The van der Waals surface area contributed by atoms with E-state index in [4.69, 9.17) is 4.74 Å². The number of ether oxygens (including phenoxy) is 1. The standard InChI is InChI=1S/C23H27FN2O4/c1-15(2)21(26-22(28)18-8-10-19(24)11-9-18)23(29)30-14-20(27)25-13-12-17-7-5-4-6-16(17)3/h4-11,15,21H,12-14H2,1-3H3,(H,25,27)(H,26,28)/t21-/m0/s1. The van der Waals surface area contributed by atoms with Crippen LogP contribution >= 0.6 is 0 Å². The number of hydrogen-bond donors (Lipinski definition) is 2. The van der Waals surface area contributed by atoms with Crippen LogP contribution in [0.15, 0.2) is 48.5 Å². The Kier molecular flexibility index (Phi) is 8.53. The lowest BCUT2D eigenvalue weighted by atomic mass is 10.0. The van der Waals surface area contributed by atoms with Gasteiger partial charge in [-0.05, 0) is 54.7 Å². The second kappa shape index (κ2) is 11.1. The van der Waals surface area contributed by atoms with Crippen molar-refractivity contribution < 1.29 is 23.5 Å². The van der Waals surface area contributed by atoms with Crippen molar-refractivity contribution in [1.29, 1.82) is 0 Å². The first-order valence-electron chi connectivity index (χ1n) is 9.82. The number of aryl methyl sites for hydroxylation is 1. The summed E-state index contributed by atoms with van der Waals surface area (Å²) < 4.78 is 18.1. The molecular formula is C23H27FN2O4. The Morgan fingerprint density at radius 1 is 1.03 bits per heavy atom. The zero-order valence-electron chi connectivity index (χ0n) is 17.4. The Morgan fingerprint density at radius 3 is 2.33 bits per heavy atom. The van der Waals surface area contributed by atoms with Gasteiger partial charge < -0.3 is 15.4 Å². The van der Waals surface area contributed by atoms with Gasteiger partial charge in [-0.2, -0.15) is 0 Å². The Bertz CT molecular complexity index is 881. The van der Waals surface area contributed by atoms with E-state index >= 15 is 0 Å². The van der Waals surface area contributed by atoms with Crippen LogP contribution in [0.25, 0.3) is 0 Å². The molecule has 2 rings (SSSR count). The van der Waals surface area contributed by atoms with E-state index in [9.17, 15) is 18.8 Å². The smallest absolute Gasteiger partial charge is 0.329 e. The van der Waals surface area contributed by atoms with Crippen molar-refractivity contribution in [2.75, 3.05) is 13.2 Å². The summed E-state index contributed by atoms with van der Waals surface area (Å²) in [5, 5.41) is 5.29. The van der Waals surface area contributed by atoms with E-state index in [1.165, 1.54) is 24.3 Å². The lowest BCUT2D eigenvalue weighted by Gasteiger charge is -2.20. The van der Waals surface area contributed by atoms with Gasteiger partial charge in [-0.1, -0.05) is 38.1 Å². The van der Waals surface area contributed by atoms with Gasteiger partial charge >= 0.3 is 5.97 Å². The zero-order chi connectivity index (χ0) is 22.1. The third-order valence-corrected chi connectivity index (χ3v) is 4.64. The van der Waals surface area contributed by atoms with Crippen molar-refractivity contribution >= 4 is 17.8 Å². The molecule has 0 aliphatic carbocycles. The molecule has 0 unspecified atom stereocenters. The molecule has 0 heterocycles. The number of carbonyl (C=O) groups excluding carboxylic acids is 3. The maximum atomic E-state index is 13.0. The first-order chi connectivity index (χ1) is 14.3. The highest BCUT2D eigenvalue weighted by Gasteiger charge is 2.26. The number of esters is 1. The van der Waals surface area contributed by atoms with Crippen LogP contribution in [0.1, 0.15) is 35.3 Å². The maximum Gasteiger partial charge on any atom is 0.329 e. The lowest BCUT2D eigenvalue weighted by molar-refractivity contribution is -0.151. The second-order valence-corrected chi connectivity index (χ2v) is 7.34. The van der Waals surface area contributed by atoms with E-state index in [0.29, 0.717) is 13.0 Å². The molecule has 160 valence electrons. The SMILES string of the molecule is Cc1ccccc1CCNC(=O)COC(=O)[C@@H](NC(=O)c1ccc(F)cc1)C(C)C. The summed E-state index contributed by atoms with van der Waals surface area (Å²) >= 11 is 0. The van der Waals surface area contributed by atoms with Crippen LogP contribution in [0, 0.1) is 18.7 Å². The highest BCUT2D eigenvalue weighted by Crippen LogP contribution is 2.09. The average molecular weight is 414 g/mol. The van der Waals surface area contributed by atoms with Gasteiger partial charge in [-0.15, -0.1) is 0 Å². The van der Waals surface area contributed by atoms with Crippen molar-refractivity contribution in [3.05, 3.63) is 71.0 Å². The van der Waals surface area contributed by atoms with Crippen LogP contribution in [0.5, 0.6) is 0 Å². The molecule has 1 atom stereocenters. The molecule has 0 saturated carbocycles. The van der Waals surface area contributed by atoms with Crippen molar-refractivity contribution in [2.24, 2.45) is 5.92 Å². The Hall–Kier alpha value is -3.22. The summed E-state index contributed by atoms with van der Waals surface area (Å²) in [5.41, 5.74) is 2.51. The number of halogens is 1. The molecule has 2 aromatic rings. The molecule has 0 aromatic heterocycles. The van der Waals surface area contributed by atoms with E-state index in [-0.39, 0.29) is 11.5 Å². The molecular weight excluding hydrogens is 387 g/mol. The highest BCUT2D eigenvalue weighted by molar-refractivity contribution is 5.97. The third kappa shape index (κ3) is 6.99. The van der Waals surface area contributed by atoms with Gasteiger partial charge in [0.05, 0.1) is 0 Å². The zero-order valence-corrected chi connectivity index (χ0v) is 17.4. The lowest BCUT2D eigenvalue weighted by Crippen LogP contribution is -2.46. The molecule has 0 spiro atoms. The van der Waals surface area contributed by atoms with E-state index in [1.54, 1.807) is 13.8 Å². The fraction of sp³-hybridized carbons (Fsp3) is 0.348. The largest absolute Gasteiger partial charge is 0.454 e. The van der Waals surface area contributed by atoms with Gasteiger partial charge in [0.25, 0.3) is 11.8 Å². The maximum absolute atomic E-state index is 13.0. The van der Waals surface area contributed by atoms with Crippen LogP contribution < -0.4 is 10.6 Å². The molecule has 0 aliphatic heterocycles. The first kappa shape index (κ1) is 23.1. The summed E-state index contributed by atoms with van der Waals surface area (Å²) in [4.78, 5) is 36.6. The van der Waals surface area contributed by atoms with Crippen molar-refractivity contribution in [1.82, 2.24) is 10.6 Å². The molecule has 2 amide bonds. The van der Waals surface area contributed by atoms with Crippen molar-refractivity contribution in [3.63, 3.8) is 0 Å². The highest BCUT2D eigenvalue weighted by atomic mass is 19.1. The Labute approximate surface area is 175 Å². The van der Waals surface area contributed by atoms with E-state index in [1.807, 2.05) is 31.2 Å². The molecule has 0 fully saturated rings. The molecule has 30 heavy (non-hydrogen) atoms. The quantitative estimate of drug-likeness (QED) is 0.618. The summed E-state index contributed by atoms with van der Waals surface area (Å²) in [6.45, 7) is 5.50. The molecule has 6 nitrogen and oxygen atoms in total. The third-order valence-electron chi connectivity index (χ3n) is 4.64. The summed E-state index contributed by atoms with van der Waals surface area (Å²) in [6.07, 6.45) is 0.675. The molecule has 2 N–H and O–H groups in total. The first-order valence-corrected chi connectivity index (χ1v) is 9.82. The minimum Gasteiger partial charge on any atom is -0.454 e. The number of benzene rings is 2. The van der Waals surface area contributed by atoms with Crippen LogP contribution in [0.2, 0.25) is 0 Å². The van der Waals surface area contributed by atoms with E-state index in [2.05, 4.69) is 10.6 Å². The topological polar surface area (TPSA) is 84.5 Å². The van der Waals surface area contributed by atoms with Crippen LogP contribution in [-0.4, -0.2) is 37.0 Å². The fourth-order valence-corrected chi connectivity index (χ4v) is 2.83. The molecule has 2 aromatic carbocycles. The second-order valence-electron chi connectivity index (χ2n) is 7.34. The molecule has 0 radical (unpaired) electrons. The van der Waals surface area contributed by atoms with Gasteiger partial charge in [0.1, 0.15) is 11.9 Å². The van der Waals surface area contributed by atoms with Crippen molar-refractivity contribution in [2.45, 2.75) is 33.2 Å². The Balaban J connectivity index is 1.81. The van der Waals surface area contributed by atoms with Crippen molar-refractivity contribution in [3.8, 4) is 0 Å². The number of carbonyl (C=O) groups is 3. The van der Waals surface area contributed by atoms with Crippen LogP contribution in [0.3, 0.4) is 0 Å². The van der Waals surface area contributed by atoms with Gasteiger partial charge in [-0.3, -0.25) is 9.59 Å². The molecule has 7 heteroatoms. The van der Waals surface area contributed by atoms with E-state index < -0.39 is 36.2 Å². The fourth-order valence-electron chi connectivity index (χ4n) is 2.83. The van der Waals surface area contributed by atoms with Gasteiger partial charge in [0.15, 0.2) is 6.61 Å². The average Bonchev–Trinajstić information content (AvgIpc) is 2.71. The minimum atomic E-state index is -0.928. The summed E-state index contributed by atoms with van der Waals surface area (Å²) in [5.74, 6) is -2.35. The number of nitrogens with one attached hydrogen (secondary N) is 2. The molecule has 0 aliphatic rings. The summed E-state index contributed by atoms with van der Waals surface area (Å²) in [6, 6.07) is 12.0. The van der Waals surface area contributed by atoms with Crippen LogP contribution in [-0.2, 0) is 20.7 Å². The predicted octanol–water partition coefficient (Wildman–Crippen LogP) is 2.79. The predicted molar refractivity (Wildman–Crippen MR) is 111 cm³/mol. The Morgan fingerprint density at radius 2 is 1.70 bits per heavy atom. The van der Waals surface area contributed by atoms with Gasteiger partial charge in [0.2, 0.25) is 0 Å². The normalized spacial score (nSPS) is 11.6. The van der Waals surface area contributed by atoms with E-state index in [0.717, 1.165) is 11.1 Å². The summed E-state index contributed by atoms with van der Waals surface area (Å²) in [7, 11) is 0. The van der Waals surface area contributed by atoms with Gasteiger partial charge in [0, 0.05) is 12.1 Å². The number of hydrogen-bond acceptors (Lipinski definition) is 4. The minimum absolute atomic E-state index is 0.226. The number of amides is 2.